The third-order valence-corrected chi connectivity index (χ3v) is 5.16. The van der Waals surface area contributed by atoms with E-state index in [4.69, 9.17) is 0 Å². The van der Waals surface area contributed by atoms with E-state index in [0.717, 1.165) is 18.6 Å². The summed E-state index contributed by atoms with van der Waals surface area (Å²) in [6, 6.07) is 8.72. The van der Waals surface area contributed by atoms with Gasteiger partial charge in [-0.05, 0) is 49.5 Å². The lowest BCUT2D eigenvalue weighted by Gasteiger charge is -2.27. The van der Waals surface area contributed by atoms with Gasteiger partial charge in [-0.15, -0.1) is 11.8 Å². The molecule has 1 aliphatic carbocycles. The van der Waals surface area contributed by atoms with E-state index in [1.807, 2.05) is 6.92 Å². The SMILES string of the molecule is CCCCSC(C)C(=O)NC1CCCc2ccccc21. The van der Waals surface area contributed by atoms with Gasteiger partial charge in [-0.3, -0.25) is 4.79 Å². The molecule has 1 N–H and O–H groups in total. The number of thioether (sulfide) groups is 1. The zero-order valence-electron chi connectivity index (χ0n) is 12.5. The molecule has 0 bridgehead atoms. The van der Waals surface area contributed by atoms with Crippen molar-refractivity contribution in [1.82, 2.24) is 5.32 Å². The van der Waals surface area contributed by atoms with Gasteiger partial charge >= 0.3 is 0 Å². The first-order valence-electron chi connectivity index (χ1n) is 7.72. The molecule has 20 heavy (non-hydrogen) atoms. The van der Waals surface area contributed by atoms with Crippen LogP contribution in [0.15, 0.2) is 24.3 Å². The number of rotatable bonds is 6. The molecule has 3 heteroatoms. The highest BCUT2D eigenvalue weighted by atomic mass is 32.2. The number of benzene rings is 1. The van der Waals surface area contributed by atoms with Crippen molar-refractivity contribution in [3.63, 3.8) is 0 Å². The lowest BCUT2D eigenvalue weighted by atomic mass is 9.88. The lowest BCUT2D eigenvalue weighted by molar-refractivity contribution is -0.121. The predicted octanol–water partition coefficient (Wildman–Crippen LogP) is 4.10. The summed E-state index contributed by atoms with van der Waals surface area (Å²) in [4.78, 5) is 12.3. The molecule has 2 unspecified atom stereocenters. The Morgan fingerprint density at radius 1 is 1.45 bits per heavy atom. The molecule has 0 heterocycles. The van der Waals surface area contributed by atoms with Crippen LogP contribution >= 0.6 is 11.8 Å². The van der Waals surface area contributed by atoms with Crippen LogP contribution in [0.5, 0.6) is 0 Å². The molecule has 2 rings (SSSR count). The second kappa shape index (κ2) is 7.72. The Bertz CT molecular complexity index is 446. The van der Waals surface area contributed by atoms with Gasteiger partial charge in [-0.25, -0.2) is 0 Å². The van der Waals surface area contributed by atoms with Gasteiger partial charge in [0.1, 0.15) is 0 Å². The number of amides is 1. The van der Waals surface area contributed by atoms with Crippen LogP contribution in [0.2, 0.25) is 0 Å². The van der Waals surface area contributed by atoms with Gasteiger partial charge in [0.25, 0.3) is 0 Å². The van der Waals surface area contributed by atoms with Crippen molar-refractivity contribution in [1.29, 1.82) is 0 Å². The van der Waals surface area contributed by atoms with Crippen molar-refractivity contribution < 1.29 is 4.79 Å². The van der Waals surface area contributed by atoms with E-state index in [1.165, 1.54) is 30.4 Å². The van der Waals surface area contributed by atoms with Crippen LogP contribution in [0.3, 0.4) is 0 Å². The summed E-state index contributed by atoms with van der Waals surface area (Å²) in [5, 5.41) is 3.29. The van der Waals surface area contributed by atoms with E-state index in [2.05, 4.69) is 36.5 Å². The molecule has 110 valence electrons. The summed E-state index contributed by atoms with van der Waals surface area (Å²) in [5.41, 5.74) is 2.72. The van der Waals surface area contributed by atoms with Crippen molar-refractivity contribution in [3.05, 3.63) is 35.4 Å². The molecule has 0 saturated heterocycles. The fraction of sp³-hybridized carbons (Fsp3) is 0.588. The average molecular weight is 291 g/mol. The molecule has 1 aromatic carbocycles. The molecule has 1 amide bonds. The first-order valence-corrected chi connectivity index (χ1v) is 8.77. The minimum atomic E-state index is 0.0515. The van der Waals surface area contributed by atoms with Crippen LogP contribution in [-0.4, -0.2) is 16.9 Å². The Morgan fingerprint density at radius 2 is 2.25 bits per heavy atom. The number of unbranched alkanes of at least 4 members (excludes halogenated alkanes) is 1. The van der Waals surface area contributed by atoms with E-state index in [0.29, 0.717) is 0 Å². The zero-order chi connectivity index (χ0) is 14.4. The molecule has 0 saturated carbocycles. The number of carbonyl (C=O) groups excluding carboxylic acids is 1. The van der Waals surface area contributed by atoms with Gasteiger partial charge in [0, 0.05) is 0 Å². The van der Waals surface area contributed by atoms with Crippen LogP contribution in [0, 0.1) is 0 Å². The highest BCUT2D eigenvalue weighted by molar-refractivity contribution is 8.00. The zero-order valence-corrected chi connectivity index (χ0v) is 13.3. The molecule has 0 aromatic heterocycles. The lowest BCUT2D eigenvalue weighted by Crippen LogP contribution is -2.36. The number of aryl methyl sites for hydroxylation is 1. The van der Waals surface area contributed by atoms with Crippen LogP contribution in [0.25, 0.3) is 0 Å². The Morgan fingerprint density at radius 3 is 3.05 bits per heavy atom. The fourth-order valence-corrected chi connectivity index (χ4v) is 3.70. The van der Waals surface area contributed by atoms with Gasteiger partial charge < -0.3 is 5.32 Å². The molecule has 0 fully saturated rings. The smallest absolute Gasteiger partial charge is 0.233 e. The number of hydrogen-bond donors (Lipinski definition) is 1. The normalized spacial score (nSPS) is 19.2. The van der Waals surface area contributed by atoms with Crippen molar-refractivity contribution >= 4 is 17.7 Å². The van der Waals surface area contributed by atoms with Crippen molar-refractivity contribution in [2.24, 2.45) is 0 Å². The van der Waals surface area contributed by atoms with E-state index in [1.54, 1.807) is 11.8 Å². The van der Waals surface area contributed by atoms with E-state index >= 15 is 0 Å². The van der Waals surface area contributed by atoms with E-state index in [-0.39, 0.29) is 17.2 Å². The topological polar surface area (TPSA) is 29.1 Å². The monoisotopic (exact) mass is 291 g/mol. The third kappa shape index (κ3) is 4.02. The van der Waals surface area contributed by atoms with Crippen molar-refractivity contribution in [3.8, 4) is 0 Å². The summed E-state index contributed by atoms with van der Waals surface area (Å²) in [5.74, 6) is 1.26. The van der Waals surface area contributed by atoms with Crippen LogP contribution in [0.1, 0.15) is 56.7 Å². The maximum atomic E-state index is 12.3. The van der Waals surface area contributed by atoms with Gasteiger partial charge in [-0.1, -0.05) is 37.6 Å². The second-order valence-corrected chi connectivity index (χ2v) is 6.97. The highest BCUT2D eigenvalue weighted by Gasteiger charge is 2.23. The number of carbonyl (C=O) groups is 1. The highest BCUT2D eigenvalue weighted by Crippen LogP contribution is 2.29. The van der Waals surface area contributed by atoms with Crippen molar-refractivity contribution in [2.45, 2.75) is 57.2 Å². The summed E-state index contributed by atoms with van der Waals surface area (Å²) < 4.78 is 0. The largest absolute Gasteiger partial charge is 0.348 e. The first-order chi connectivity index (χ1) is 9.72. The first kappa shape index (κ1) is 15.4. The number of fused-ring (bicyclic) bond motifs is 1. The fourth-order valence-electron chi connectivity index (χ4n) is 2.67. The predicted molar refractivity (Wildman–Crippen MR) is 87.1 cm³/mol. The third-order valence-electron chi connectivity index (χ3n) is 3.92. The maximum Gasteiger partial charge on any atom is 0.233 e. The number of hydrogen-bond acceptors (Lipinski definition) is 2. The van der Waals surface area contributed by atoms with Gasteiger partial charge in [0.05, 0.1) is 11.3 Å². The summed E-state index contributed by atoms with van der Waals surface area (Å²) in [6.07, 6.45) is 5.75. The molecule has 1 aliphatic rings. The minimum absolute atomic E-state index is 0.0515. The molecular weight excluding hydrogens is 266 g/mol. The van der Waals surface area contributed by atoms with E-state index in [9.17, 15) is 4.79 Å². The van der Waals surface area contributed by atoms with Gasteiger partial charge in [0.15, 0.2) is 0 Å². The summed E-state index contributed by atoms with van der Waals surface area (Å²) in [6.45, 7) is 4.20. The quantitative estimate of drug-likeness (QED) is 0.799. The van der Waals surface area contributed by atoms with Crippen molar-refractivity contribution in [2.75, 3.05) is 5.75 Å². The van der Waals surface area contributed by atoms with Gasteiger partial charge in [-0.2, -0.15) is 0 Å². The molecule has 2 nitrogen and oxygen atoms in total. The van der Waals surface area contributed by atoms with Crippen LogP contribution < -0.4 is 5.32 Å². The van der Waals surface area contributed by atoms with Crippen LogP contribution in [0.4, 0.5) is 0 Å². The standard InChI is InChI=1S/C17H25NOS/c1-3-4-12-20-13(2)17(19)18-16-11-7-9-14-8-5-6-10-15(14)16/h5-6,8,10,13,16H,3-4,7,9,11-12H2,1-2H3,(H,18,19). The van der Waals surface area contributed by atoms with Crippen LogP contribution in [-0.2, 0) is 11.2 Å². The molecule has 0 aliphatic heterocycles. The minimum Gasteiger partial charge on any atom is -0.348 e. The summed E-state index contributed by atoms with van der Waals surface area (Å²) in [7, 11) is 0. The van der Waals surface area contributed by atoms with Gasteiger partial charge in [0.2, 0.25) is 5.91 Å². The Labute approximate surface area is 126 Å². The second-order valence-electron chi connectivity index (χ2n) is 5.52. The Kier molecular flexibility index (Phi) is 5.96. The molecule has 0 spiro atoms. The number of nitrogens with one attached hydrogen (secondary N) is 1. The maximum absolute atomic E-state index is 12.3. The summed E-state index contributed by atoms with van der Waals surface area (Å²) >= 11 is 1.77. The average Bonchev–Trinajstić information content (AvgIpc) is 2.47. The molecule has 2 atom stereocenters. The van der Waals surface area contributed by atoms with E-state index < -0.39 is 0 Å². The molecule has 0 radical (unpaired) electrons. The molecular formula is C17H25NOS. The Hall–Kier alpha value is -0.960. The molecule has 1 aromatic rings. The Balaban J connectivity index is 1.92.